The van der Waals surface area contributed by atoms with Crippen LogP contribution in [0.15, 0.2) is 57.9 Å². The van der Waals surface area contributed by atoms with E-state index in [0.29, 0.717) is 5.69 Å². The number of nitrogens with zero attached hydrogens (tertiary/aromatic N) is 2. The molecule has 0 spiro atoms. The number of methoxy groups -OCH3 is 2. The van der Waals surface area contributed by atoms with E-state index in [1.807, 2.05) is 0 Å². The highest BCUT2D eigenvalue weighted by Gasteiger charge is 2.47. The number of rotatable bonds is 8. The van der Waals surface area contributed by atoms with E-state index in [1.54, 1.807) is 24.3 Å². The van der Waals surface area contributed by atoms with Crippen LogP contribution in [0.2, 0.25) is 0 Å². The number of amides is 2. The molecule has 1 aliphatic heterocycles. The molecule has 11 heteroatoms. The zero-order chi connectivity index (χ0) is 22.8. The second-order valence-electron chi connectivity index (χ2n) is 6.69. The van der Waals surface area contributed by atoms with Crippen LogP contribution in [0.5, 0.6) is 0 Å². The molecule has 0 saturated carbocycles. The molecule has 2 aromatic rings. The van der Waals surface area contributed by atoms with Crippen LogP contribution >= 0.6 is 15.9 Å². The molecular formula is C20H20BrFN2O6S. The van der Waals surface area contributed by atoms with Crippen molar-refractivity contribution < 1.29 is 31.9 Å². The number of hydrogen-bond acceptors (Lipinski definition) is 6. The lowest BCUT2D eigenvalue weighted by atomic mass is 10.2. The predicted molar refractivity (Wildman–Crippen MR) is 113 cm³/mol. The Hall–Kier alpha value is -2.18. The monoisotopic (exact) mass is 514 g/mol. The molecule has 8 nitrogen and oxygen atoms in total. The fourth-order valence-corrected chi connectivity index (χ4v) is 5.06. The Labute approximate surface area is 187 Å². The van der Waals surface area contributed by atoms with Crippen molar-refractivity contribution >= 4 is 43.5 Å². The zero-order valence-electron chi connectivity index (χ0n) is 16.7. The summed E-state index contributed by atoms with van der Waals surface area (Å²) in [5.74, 6) is -1.84. The second kappa shape index (κ2) is 9.53. The summed E-state index contributed by atoms with van der Waals surface area (Å²) in [6.45, 7) is -0.343. The van der Waals surface area contributed by atoms with Crippen molar-refractivity contribution in [3.05, 3.63) is 58.8 Å². The van der Waals surface area contributed by atoms with E-state index < -0.39 is 40.0 Å². The number of imide groups is 1. The first kappa shape index (κ1) is 23.5. The van der Waals surface area contributed by atoms with Crippen LogP contribution in [-0.4, -0.2) is 57.6 Å². The van der Waals surface area contributed by atoms with Gasteiger partial charge in [-0.15, -0.1) is 0 Å². The highest BCUT2D eigenvalue weighted by atomic mass is 79.9. The Morgan fingerprint density at radius 2 is 1.68 bits per heavy atom. The first-order chi connectivity index (χ1) is 14.7. The summed E-state index contributed by atoms with van der Waals surface area (Å²) < 4.78 is 51.9. The molecule has 1 fully saturated rings. The third kappa shape index (κ3) is 4.85. The summed E-state index contributed by atoms with van der Waals surface area (Å²) in [7, 11) is -1.63. The smallest absolute Gasteiger partial charge is 0.252 e. The molecular weight excluding hydrogens is 495 g/mol. The molecule has 0 N–H and O–H groups in total. The van der Waals surface area contributed by atoms with Crippen LogP contribution < -0.4 is 4.90 Å². The van der Waals surface area contributed by atoms with Crippen molar-refractivity contribution in [2.45, 2.75) is 23.6 Å². The molecule has 2 amide bonds. The van der Waals surface area contributed by atoms with Gasteiger partial charge in [-0.1, -0.05) is 15.9 Å². The van der Waals surface area contributed by atoms with Gasteiger partial charge in [0.2, 0.25) is 15.9 Å². The van der Waals surface area contributed by atoms with E-state index in [0.717, 1.165) is 37.9 Å². The van der Waals surface area contributed by atoms with Crippen LogP contribution in [0, 0.1) is 5.82 Å². The minimum Gasteiger partial charge on any atom is -0.354 e. The molecule has 0 radical (unpaired) electrons. The molecule has 0 bridgehead atoms. The van der Waals surface area contributed by atoms with Crippen LogP contribution in [0.25, 0.3) is 0 Å². The van der Waals surface area contributed by atoms with Gasteiger partial charge in [-0.05, 0) is 48.5 Å². The summed E-state index contributed by atoms with van der Waals surface area (Å²) in [6.07, 6.45) is -1.34. The third-order valence-corrected chi connectivity index (χ3v) is 7.25. The van der Waals surface area contributed by atoms with E-state index in [1.165, 1.54) is 14.2 Å². The van der Waals surface area contributed by atoms with Crippen molar-refractivity contribution in [3.8, 4) is 0 Å². The predicted octanol–water partition coefficient (Wildman–Crippen LogP) is 2.53. The van der Waals surface area contributed by atoms with Gasteiger partial charge in [0, 0.05) is 18.7 Å². The molecule has 0 aromatic heterocycles. The summed E-state index contributed by atoms with van der Waals surface area (Å²) >= 11 is 3.29. The van der Waals surface area contributed by atoms with Gasteiger partial charge in [-0.3, -0.25) is 9.59 Å². The molecule has 1 heterocycles. The number of carbonyl (C=O) groups excluding carboxylic acids is 2. The maximum absolute atomic E-state index is 13.3. The third-order valence-electron chi connectivity index (χ3n) is 4.83. The van der Waals surface area contributed by atoms with Crippen molar-refractivity contribution in [2.24, 2.45) is 0 Å². The Kier molecular flexibility index (Phi) is 7.22. The van der Waals surface area contributed by atoms with Gasteiger partial charge >= 0.3 is 0 Å². The van der Waals surface area contributed by atoms with Crippen LogP contribution in [0.4, 0.5) is 10.1 Å². The van der Waals surface area contributed by atoms with Gasteiger partial charge in [0.1, 0.15) is 11.9 Å². The number of carbonyl (C=O) groups is 2. The number of hydrogen-bond donors (Lipinski definition) is 0. The maximum atomic E-state index is 13.3. The lowest BCUT2D eigenvalue weighted by molar-refractivity contribution is -0.125. The Morgan fingerprint density at radius 1 is 1.10 bits per heavy atom. The van der Waals surface area contributed by atoms with E-state index in [2.05, 4.69) is 15.9 Å². The van der Waals surface area contributed by atoms with Crippen LogP contribution in [-0.2, 0) is 29.1 Å². The lowest BCUT2D eigenvalue weighted by Crippen LogP contribution is -2.49. The van der Waals surface area contributed by atoms with E-state index in [-0.39, 0.29) is 17.9 Å². The van der Waals surface area contributed by atoms with Crippen molar-refractivity contribution in [1.29, 1.82) is 0 Å². The van der Waals surface area contributed by atoms with Crippen molar-refractivity contribution in [1.82, 2.24) is 4.31 Å². The summed E-state index contributed by atoms with van der Waals surface area (Å²) in [6, 6.07) is 9.39. The molecule has 1 atom stereocenters. The standard InChI is InChI=1S/C20H20BrFN2O6S/c1-29-19(30-2)12-23(31(27,28)16-9-5-14(22)6-10-16)17-11-18(25)24(20(17)26)15-7-3-13(21)4-8-15/h3-10,17,19H,11-12H2,1-2H3. The van der Waals surface area contributed by atoms with Gasteiger partial charge in [0.25, 0.3) is 5.91 Å². The Morgan fingerprint density at radius 3 is 2.23 bits per heavy atom. The van der Waals surface area contributed by atoms with Gasteiger partial charge in [-0.25, -0.2) is 17.7 Å². The highest BCUT2D eigenvalue weighted by Crippen LogP contribution is 2.30. The Bertz CT molecular complexity index is 1060. The van der Waals surface area contributed by atoms with Crippen molar-refractivity contribution in [2.75, 3.05) is 25.7 Å². The maximum Gasteiger partial charge on any atom is 0.252 e. The summed E-state index contributed by atoms with van der Waals surface area (Å²) in [5, 5.41) is 0. The average Bonchev–Trinajstić information content (AvgIpc) is 3.03. The van der Waals surface area contributed by atoms with E-state index in [9.17, 15) is 22.4 Å². The van der Waals surface area contributed by atoms with Gasteiger partial charge in [0.15, 0.2) is 6.29 Å². The summed E-state index contributed by atoms with van der Waals surface area (Å²) in [4.78, 5) is 26.6. The number of halogens is 2. The summed E-state index contributed by atoms with van der Waals surface area (Å²) in [5.41, 5.74) is 0.329. The minimum absolute atomic E-state index is 0.220. The van der Waals surface area contributed by atoms with Crippen molar-refractivity contribution in [3.63, 3.8) is 0 Å². The molecule has 31 heavy (non-hydrogen) atoms. The van der Waals surface area contributed by atoms with E-state index in [4.69, 9.17) is 9.47 Å². The van der Waals surface area contributed by atoms with Crippen LogP contribution in [0.3, 0.4) is 0 Å². The molecule has 1 aliphatic rings. The quantitative estimate of drug-likeness (QED) is 0.397. The van der Waals surface area contributed by atoms with Gasteiger partial charge in [-0.2, -0.15) is 4.31 Å². The number of benzene rings is 2. The average molecular weight is 515 g/mol. The highest BCUT2D eigenvalue weighted by molar-refractivity contribution is 9.10. The normalized spacial score (nSPS) is 17.2. The molecule has 1 saturated heterocycles. The topological polar surface area (TPSA) is 93.2 Å². The van der Waals surface area contributed by atoms with E-state index >= 15 is 0 Å². The first-order valence-corrected chi connectivity index (χ1v) is 11.4. The second-order valence-corrected chi connectivity index (χ2v) is 9.50. The fraction of sp³-hybridized carbons (Fsp3) is 0.300. The molecule has 0 aliphatic carbocycles. The zero-order valence-corrected chi connectivity index (χ0v) is 19.1. The number of ether oxygens (including phenoxy) is 2. The SMILES string of the molecule is COC(CN(C1CC(=O)N(c2ccc(Br)cc2)C1=O)S(=O)(=O)c1ccc(F)cc1)OC. The Balaban J connectivity index is 2.01. The molecule has 166 valence electrons. The fourth-order valence-electron chi connectivity index (χ4n) is 3.23. The first-order valence-electron chi connectivity index (χ1n) is 9.14. The van der Waals surface area contributed by atoms with Crippen LogP contribution in [0.1, 0.15) is 6.42 Å². The lowest BCUT2D eigenvalue weighted by Gasteiger charge is -2.29. The largest absolute Gasteiger partial charge is 0.354 e. The minimum atomic E-state index is -4.29. The van der Waals surface area contributed by atoms with Gasteiger partial charge in [0.05, 0.1) is 23.5 Å². The number of sulfonamides is 1. The molecule has 2 aromatic carbocycles. The van der Waals surface area contributed by atoms with Gasteiger partial charge < -0.3 is 9.47 Å². The number of anilines is 1. The molecule has 3 rings (SSSR count). The molecule has 1 unspecified atom stereocenters.